The average molecular weight is 208 g/mol. The molecule has 80 valence electrons. The number of aldehydes is 1. The summed E-state index contributed by atoms with van der Waals surface area (Å²) in [6.45, 7) is 0.254. The number of fused-ring (bicyclic) bond motifs is 1. The molecule has 0 radical (unpaired) electrons. The van der Waals surface area contributed by atoms with Crippen LogP contribution < -0.4 is 9.47 Å². The zero-order chi connectivity index (χ0) is 10.7. The van der Waals surface area contributed by atoms with Crippen LogP contribution in [0.1, 0.15) is 18.1 Å². The van der Waals surface area contributed by atoms with E-state index >= 15 is 0 Å². The summed E-state index contributed by atoms with van der Waals surface area (Å²) in [4.78, 5) is 10.4. The van der Waals surface area contributed by atoms with Crippen molar-refractivity contribution in [2.75, 3.05) is 13.9 Å². The third-order valence-electron chi connectivity index (χ3n) is 2.36. The van der Waals surface area contributed by atoms with Crippen molar-refractivity contribution in [3.05, 3.63) is 23.8 Å². The van der Waals surface area contributed by atoms with Crippen LogP contribution in [0.5, 0.6) is 11.5 Å². The molecule has 15 heavy (non-hydrogen) atoms. The van der Waals surface area contributed by atoms with Crippen molar-refractivity contribution in [3.63, 3.8) is 0 Å². The van der Waals surface area contributed by atoms with Gasteiger partial charge in [0, 0.05) is 13.5 Å². The van der Waals surface area contributed by atoms with Crippen molar-refractivity contribution in [1.29, 1.82) is 0 Å². The lowest BCUT2D eigenvalue weighted by molar-refractivity contribution is -0.110. The summed E-state index contributed by atoms with van der Waals surface area (Å²) >= 11 is 0. The summed E-state index contributed by atoms with van der Waals surface area (Å²) in [6, 6.07) is 5.56. The summed E-state index contributed by atoms with van der Waals surface area (Å²) in [6.07, 6.45) is 0.978. The van der Waals surface area contributed by atoms with Gasteiger partial charge in [-0.3, -0.25) is 0 Å². The second kappa shape index (κ2) is 4.31. The molecule has 0 aromatic heterocycles. The van der Waals surface area contributed by atoms with Crippen LogP contribution in [0.2, 0.25) is 0 Å². The molecule has 1 aromatic carbocycles. The number of carbonyl (C=O) groups excluding carboxylic acids is 1. The van der Waals surface area contributed by atoms with Crippen molar-refractivity contribution in [2.45, 2.75) is 12.5 Å². The summed E-state index contributed by atoms with van der Waals surface area (Å²) in [5, 5.41) is 0. The fourth-order valence-electron chi connectivity index (χ4n) is 1.57. The Balaban J connectivity index is 2.24. The second-order valence-electron chi connectivity index (χ2n) is 3.24. The third-order valence-corrected chi connectivity index (χ3v) is 2.36. The lowest BCUT2D eigenvalue weighted by Gasteiger charge is -2.12. The molecule has 0 N–H and O–H groups in total. The molecule has 0 fully saturated rings. The van der Waals surface area contributed by atoms with Gasteiger partial charge in [0.1, 0.15) is 6.29 Å². The highest BCUT2D eigenvalue weighted by Gasteiger charge is 2.17. The maximum absolute atomic E-state index is 10.4. The predicted octanol–water partition coefficient (Wildman–Crippen LogP) is 1.69. The van der Waals surface area contributed by atoms with Gasteiger partial charge in [-0.05, 0) is 17.7 Å². The fourth-order valence-corrected chi connectivity index (χ4v) is 1.57. The molecule has 1 aliphatic heterocycles. The predicted molar refractivity (Wildman–Crippen MR) is 53.0 cm³/mol. The van der Waals surface area contributed by atoms with Gasteiger partial charge in [0.15, 0.2) is 11.5 Å². The number of benzene rings is 1. The fraction of sp³-hybridized carbons (Fsp3) is 0.364. The highest BCUT2D eigenvalue weighted by molar-refractivity contribution is 5.52. The Morgan fingerprint density at radius 2 is 2.27 bits per heavy atom. The van der Waals surface area contributed by atoms with Crippen molar-refractivity contribution in [1.82, 2.24) is 0 Å². The summed E-state index contributed by atoms with van der Waals surface area (Å²) < 4.78 is 15.6. The Hall–Kier alpha value is -1.55. The first-order valence-electron chi connectivity index (χ1n) is 4.71. The smallest absolute Gasteiger partial charge is 0.231 e. The van der Waals surface area contributed by atoms with E-state index < -0.39 is 0 Å². The zero-order valence-corrected chi connectivity index (χ0v) is 8.43. The molecule has 1 atom stereocenters. The summed E-state index contributed by atoms with van der Waals surface area (Å²) in [7, 11) is 1.58. The highest BCUT2D eigenvalue weighted by Crippen LogP contribution is 2.35. The molecule has 2 rings (SSSR count). The molecule has 0 amide bonds. The van der Waals surface area contributed by atoms with E-state index in [0.717, 1.165) is 17.6 Å². The first-order valence-corrected chi connectivity index (χ1v) is 4.71. The maximum atomic E-state index is 10.4. The molecular formula is C11H12O4. The number of carbonyl (C=O) groups is 1. The van der Waals surface area contributed by atoms with Crippen LogP contribution in [0.3, 0.4) is 0 Å². The molecule has 1 unspecified atom stereocenters. The van der Waals surface area contributed by atoms with Crippen LogP contribution in [0, 0.1) is 0 Å². The number of methoxy groups -OCH3 is 1. The normalized spacial score (nSPS) is 15.0. The van der Waals surface area contributed by atoms with E-state index in [1.165, 1.54) is 0 Å². The molecule has 0 saturated carbocycles. The van der Waals surface area contributed by atoms with Crippen molar-refractivity contribution < 1.29 is 19.0 Å². The third kappa shape index (κ3) is 1.94. The molecule has 0 saturated heterocycles. The van der Waals surface area contributed by atoms with Crippen LogP contribution in [0.4, 0.5) is 0 Å². The molecular weight excluding hydrogens is 196 g/mol. The number of hydrogen-bond donors (Lipinski definition) is 0. The largest absolute Gasteiger partial charge is 0.454 e. The number of ether oxygens (including phenoxy) is 3. The monoisotopic (exact) mass is 208 g/mol. The van der Waals surface area contributed by atoms with E-state index in [1.54, 1.807) is 7.11 Å². The average Bonchev–Trinajstić information content (AvgIpc) is 2.72. The van der Waals surface area contributed by atoms with Gasteiger partial charge < -0.3 is 19.0 Å². The maximum Gasteiger partial charge on any atom is 0.231 e. The summed E-state index contributed by atoms with van der Waals surface area (Å²) in [5.74, 6) is 1.44. The van der Waals surface area contributed by atoms with Crippen LogP contribution in [0.15, 0.2) is 18.2 Å². The SMILES string of the molecule is COC(CC=O)c1ccc2c(c1)OCO2. The quantitative estimate of drug-likeness (QED) is 0.706. The van der Waals surface area contributed by atoms with E-state index in [4.69, 9.17) is 14.2 Å². The minimum absolute atomic E-state index is 0.211. The Labute approximate surface area is 87.8 Å². The minimum atomic E-state index is -0.211. The van der Waals surface area contributed by atoms with Gasteiger partial charge in [0.25, 0.3) is 0 Å². The summed E-state index contributed by atoms with van der Waals surface area (Å²) in [5.41, 5.74) is 0.925. The Kier molecular flexibility index (Phi) is 2.87. The first-order chi connectivity index (χ1) is 7.35. The molecule has 1 aromatic rings. The molecule has 0 aliphatic carbocycles. The highest BCUT2D eigenvalue weighted by atomic mass is 16.7. The van der Waals surface area contributed by atoms with E-state index in [0.29, 0.717) is 12.2 Å². The van der Waals surface area contributed by atoms with E-state index in [9.17, 15) is 4.79 Å². The van der Waals surface area contributed by atoms with Gasteiger partial charge in [-0.15, -0.1) is 0 Å². The van der Waals surface area contributed by atoms with Crippen LogP contribution >= 0.6 is 0 Å². The van der Waals surface area contributed by atoms with Crippen molar-refractivity contribution in [3.8, 4) is 11.5 Å². The Morgan fingerprint density at radius 1 is 1.47 bits per heavy atom. The lowest BCUT2D eigenvalue weighted by Crippen LogP contribution is -2.01. The zero-order valence-electron chi connectivity index (χ0n) is 8.43. The minimum Gasteiger partial charge on any atom is -0.454 e. The van der Waals surface area contributed by atoms with Gasteiger partial charge in [-0.25, -0.2) is 0 Å². The molecule has 1 aliphatic rings. The van der Waals surface area contributed by atoms with E-state index in [2.05, 4.69) is 0 Å². The van der Waals surface area contributed by atoms with Gasteiger partial charge in [0.05, 0.1) is 6.10 Å². The lowest BCUT2D eigenvalue weighted by atomic mass is 10.1. The van der Waals surface area contributed by atoms with Gasteiger partial charge in [-0.1, -0.05) is 6.07 Å². The molecule has 4 nitrogen and oxygen atoms in total. The van der Waals surface area contributed by atoms with Crippen molar-refractivity contribution in [2.24, 2.45) is 0 Å². The Bertz CT molecular complexity index is 362. The number of rotatable bonds is 4. The van der Waals surface area contributed by atoms with Crippen LogP contribution in [0.25, 0.3) is 0 Å². The van der Waals surface area contributed by atoms with Crippen LogP contribution in [-0.4, -0.2) is 20.2 Å². The molecule has 0 bridgehead atoms. The van der Waals surface area contributed by atoms with E-state index in [-0.39, 0.29) is 12.9 Å². The molecule has 4 heteroatoms. The first kappa shape index (κ1) is 9.98. The van der Waals surface area contributed by atoms with Gasteiger partial charge in [0.2, 0.25) is 6.79 Å². The topological polar surface area (TPSA) is 44.8 Å². The van der Waals surface area contributed by atoms with E-state index in [1.807, 2.05) is 18.2 Å². The standard InChI is InChI=1S/C11H12O4/c1-13-9(4-5-12)8-2-3-10-11(6-8)15-7-14-10/h2-3,5-6,9H,4,7H2,1H3. The number of hydrogen-bond acceptors (Lipinski definition) is 4. The van der Waals surface area contributed by atoms with Crippen molar-refractivity contribution >= 4 is 6.29 Å². The second-order valence-corrected chi connectivity index (χ2v) is 3.24. The molecule has 1 heterocycles. The van der Waals surface area contributed by atoms with Gasteiger partial charge >= 0.3 is 0 Å². The Morgan fingerprint density at radius 3 is 3.00 bits per heavy atom. The van der Waals surface area contributed by atoms with Crippen LogP contribution in [-0.2, 0) is 9.53 Å². The van der Waals surface area contributed by atoms with Gasteiger partial charge in [-0.2, -0.15) is 0 Å². The molecule has 0 spiro atoms.